The van der Waals surface area contributed by atoms with Gasteiger partial charge in [-0.05, 0) is 38.3 Å². The zero-order chi connectivity index (χ0) is 15.5. The molecule has 1 aliphatic carbocycles. The highest BCUT2D eigenvalue weighted by Gasteiger charge is 2.49. The molecule has 4 heteroatoms. The molecule has 2 amide bonds. The van der Waals surface area contributed by atoms with Crippen LogP contribution in [0.2, 0.25) is 0 Å². The maximum absolute atomic E-state index is 12.5. The maximum Gasteiger partial charge on any atom is 0.228 e. The molecule has 1 saturated carbocycles. The fourth-order valence-corrected chi connectivity index (χ4v) is 3.16. The molecule has 2 unspecified atom stereocenters. The smallest absolute Gasteiger partial charge is 0.228 e. The zero-order valence-electron chi connectivity index (χ0n) is 13.2. The summed E-state index contributed by atoms with van der Waals surface area (Å²) in [4.78, 5) is 26.7. The summed E-state index contributed by atoms with van der Waals surface area (Å²) in [6.07, 6.45) is 5.32. The van der Waals surface area contributed by atoms with Gasteiger partial charge in [0.15, 0.2) is 0 Å². The fraction of sp³-hybridized carbons (Fsp3) is 0.556. The van der Waals surface area contributed by atoms with Crippen molar-refractivity contribution in [2.24, 2.45) is 11.8 Å². The van der Waals surface area contributed by atoms with Crippen LogP contribution in [0.3, 0.4) is 0 Å². The second-order valence-corrected chi connectivity index (χ2v) is 6.54. The third kappa shape index (κ3) is 3.49. The number of amides is 2. The van der Waals surface area contributed by atoms with Crippen LogP contribution >= 0.6 is 0 Å². The molecule has 0 aromatic heterocycles. The van der Waals surface area contributed by atoms with Crippen LogP contribution in [0.4, 0.5) is 5.69 Å². The minimum Gasteiger partial charge on any atom is -0.342 e. The molecule has 1 heterocycles. The summed E-state index contributed by atoms with van der Waals surface area (Å²) < 4.78 is 0. The van der Waals surface area contributed by atoms with E-state index in [1.807, 2.05) is 36.1 Å². The third-order valence-electron chi connectivity index (χ3n) is 4.68. The van der Waals surface area contributed by atoms with E-state index in [0.29, 0.717) is 6.42 Å². The van der Waals surface area contributed by atoms with E-state index in [4.69, 9.17) is 0 Å². The van der Waals surface area contributed by atoms with E-state index in [1.54, 1.807) is 0 Å². The van der Waals surface area contributed by atoms with Crippen LogP contribution in [0.5, 0.6) is 0 Å². The first kappa shape index (κ1) is 15.1. The lowest BCUT2D eigenvalue weighted by Crippen LogP contribution is -2.34. The van der Waals surface area contributed by atoms with Gasteiger partial charge in [-0.15, -0.1) is 0 Å². The number of carbonyl (C=O) groups is 2. The van der Waals surface area contributed by atoms with Crippen molar-refractivity contribution in [3.8, 4) is 0 Å². The lowest BCUT2D eigenvalue weighted by Gasteiger charge is -2.20. The largest absolute Gasteiger partial charge is 0.342 e. The van der Waals surface area contributed by atoms with Crippen LogP contribution in [0.25, 0.3) is 0 Å². The summed E-state index contributed by atoms with van der Waals surface area (Å²) in [6.45, 7) is 3.74. The molecular formula is C18H24N2O2. The molecule has 2 fully saturated rings. The van der Waals surface area contributed by atoms with E-state index >= 15 is 0 Å². The van der Waals surface area contributed by atoms with Gasteiger partial charge in [0.2, 0.25) is 11.8 Å². The van der Waals surface area contributed by atoms with Crippen LogP contribution in [0.15, 0.2) is 24.3 Å². The van der Waals surface area contributed by atoms with E-state index < -0.39 is 0 Å². The Hall–Kier alpha value is -1.84. The van der Waals surface area contributed by atoms with E-state index in [9.17, 15) is 9.59 Å². The van der Waals surface area contributed by atoms with Crippen molar-refractivity contribution in [3.05, 3.63) is 29.8 Å². The second kappa shape index (κ2) is 6.51. The number of nitrogens with one attached hydrogen (secondary N) is 1. The molecule has 1 aliphatic heterocycles. The van der Waals surface area contributed by atoms with E-state index in [2.05, 4.69) is 5.32 Å². The van der Waals surface area contributed by atoms with Crippen molar-refractivity contribution in [3.63, 3.8) is 0 Å². The number of nitrogens with zero attached hydrogens (tertiary/aromatic N) is 1. The summed E-state index contributed by atoms with van der Waals surface area (Å²) in [5.41, 5.74) is 1.97. The van der Waals surface area contributed by atoms with Gasteiger partial charge in [-0.3, -0.25) is 9.59 Å². The predicted molar refractivity (Wildman–Crippen MR) is 86.5 cm³/mol. The van der Waals surface area contributed by atoms with Gasteiger partial charge in [0.05, 0.1) is 11.8 Å². The van der Waals surface area contributed by atoms with Crippen LogP contribution in [-0.2, 0) is 9.59 Å². The molecular weight excluding hydrogens is 276 g/mol. The number of hydrogen-bond donors (Lipinski definition) is 1. The number of carbonyl (C=O) groups excluding carboxylic acids is 2. The van der Waals surface area contributed by atoms with Crippen molar-refractivity contribution in [2.45, 2.75) is 39.0 Å². The van der Waals surface area contributed by atoms with Crippen molar-refractivity contribution < 1.29 is 9.59 Å². The molecule has 22 heavy (non-hydrogen) atoms. The quantitative estimate of drug-likeness (QED) is 0.933. The minimum absolute atomic E-state index is 0.0166. The third-order valence-corrected chi connectivity index (χ3v) is 4.68. The van der Waals surface area contributed by atoms with Crippen molar-refractivity contribution in [1.82, 2.24) is 4.90 Å². The monoisotopic (exact) mass is 300 g/mol. The average molecular weight is 300 g/mol. The topological polar surface area (TPSA) is 49.4 Å². The SMILES string of the molecule is Cc1ccc(NC(=O)C2CC2C(=O)N2CCCCCC2)cc1. The molecule has 1 aromatic rings. The maximum atomic E-state index is 12.5. The normalized spacial score (nSPS) is 24.5. The number of likely N-dealkylation sites (tertiary alicyclic amines) is 1. The molecule has 0 radical (unpaired) electrons. The highest BCUT2D eigenvalue weighted by molar-refractivity contribution is 5.99. The van der Waals surface area contributed by atoms with Crippen molar-refractivity contribution in [2.75, 3.05) is 18.4 Å². The van der Waals surface area contributed by atoms with Crippen LogP contribution in [0.1, 0.15) is 37.7 Å². The summed E-state index contributed by atoms with van der Waals surface area (Å²) in [6, 6.07) is 7.76. The second-order valence-electron chi connectivity index (χ2n) is 6.54. The predicted octanol–water partition coefficient (Wildman–Crippen LogP) is 2.97. The molecule has 2 aliphatic rings. The average Bonchev–Trinajstić information content (AvgIpc) is 3.33. The highest BCUT2D eigenvalue weighted by Crippen LogP contribution is 2.41. The standard InChI is InChI=1S/C18H24N2O2/c1-13-6-8-14(9-7-13)19-17(21)15-12-16(15)18(22)20-10-4-2-3-5-11-20/h6-9,15-16H,2-5,10-12H2,1H3,(H,19,21). The number of anilines is 1. The molecule has 1 N–H and O–H groups in total. The molecule has 2 atom stereocenters. The number of benzene rings is 1. The summed E-state index contributed by atoms with van der Waals surface area (Å²) in [7, 11) is 0. The van der Waals surface area contributed by atoms with Gasteiger partial charge >= 0.3 is 0 Å². The number of rotatable bonds is 3. The van der Waals surface area contributed by atoms with Gasteiger partial charge in [0, 0.05) is 18.8 Å². The Labute approximate surface area is 131 Å². The molecule has 4 nitrogen and oxygen atoms in total. The van der Waals surface area contributed by atoms with Gasteiger partial charge in [-0.2, -0.15) is 0 Å². The number of hydrogen-bond acceptors (Lipinski definition) is 2. The van der Waals surface area contributed by atoms with Crippen LogP contribution in [0, 0.1) is 18.8 Å². The zero-order valence-corrected chi connectivity index (χ0v) is 13.2. The summed E-state index contributed by atoms with van der Waals surface area (Å²) in [5, 5.41) is 2.92. The minimum atomic E-state index is -0.142. The van der Waals surface area contributed by atoms with Gasteiger partial charge in [0.25, 0.3) is 0 Å². The Bertz CT molecular complexity index is 545. The Morgan fingerprint density at radius 3 is 2.27 bits per heavy atom. The van der Waals surface area contributed by atoms with Gasteiger partial charge in [-0.25, -0.2) is 0 Å². The Morgan fingerprint density at radius 2 is 1.64 bits per heavy atom. The molecule has 0 bridgehead atoms. The first-order valence-corrected chi connectivity index (χ1v) is 8.31. The molecule has 0 spiro atoms. The van der Waals surface area contributed by atoms with Crippen molar-refractivity contribution >= 4 is 17.5 Å². The van der Waals surface area contributed by atoms with Gasteiger partial charge < -0.3 is 10.2 Å². The summed E-state index contributed by atoms with van der Waals surface area (Å²) >= 11 is 0. The van der Waals surface area contributed by atoms with E-state index in [0.717, 1.165) is 31.6 Å². The molecule has 1 saturated heterocycles. The first-order valence-electron chi connectivity index (χ1n) is 8.31. The van der Waals surface area contributed by atoms with Crippen LogP contribution in [-0.4, -0.2) is 29.8 Å². The molecule has 3 rings (SSSR count). The fourth-order valence-electron chi connectivity index (χ4n) is 3.16. The Morgan fingerprint density at radius 1 is 1.00 bits per heavy atom. The lowest BCUT2D eigenvalue weighted by atomic mass is 10.2. The Kier molecular flexibility index (Phi) is 4.46. The Balaban J connectivity index is 1.53. The van der Waals surface area contributed by atoms with E-state index in [-0.39, 0.29) is 23.7 Å². The number of aryl methyl sites for hydroxylation is 1. The lowest BCUT2D eigenvalue weighted by molar-refractivity contribution is -0.134. The van der Waals surface area contributed by atoms with Gasteiger partial charge in [0.1, 0.15) is 0 Å². The highest BCUT2D eigenvalue weighted by atomic mass is 16.2. The van der Waals surface area contributed by atoms with Gasteiger partial charge in [-0.1, -0.05) is 30.5 Å². The molecule has 1 aromatic carbocycles. The van der Waals surface area contributed by atoms with E-state index in [1.165, 1.54) is 18.4 Å². The first-order chi connectivity index (χ1) is 10.6. The van der Waals surface area contributed by atoms with Crippen molar-refractivity contribution in [1.29, 1.82) is 0 Å². The molecule has 118 valence electrons. The summed E-state index contributed by atoms with van der Waals surface area (Å²) in [5.74, 6) is -0.0661. The van der Waals surface area contributed by atoms with Crippen LogP contribution < -0.4 is 5.32 Å².